The molecule has 0 amide bonds. The minimum Gasteiger partial charge on any atom is -0.569 e. The van der Waals surface area contributed by atoms with Crippen LogP contribution >= 0.6 is 0 Å². The third-order valence-electron chi connectivity index (χ3n) is 2.61. The van der Waals surface area contributed by atoms with E-state index in [1.165, 1.54) is 27.8 Å². The number of ether oxygens (including phenoxy) is 1. The highest BCUT2D eigenvalue weighted by atomic mass is 16.8. The molecule has 0 saturated heterocycles. The van der Waals surface area contributed by atoms with Crippen molar-refractivity contribution in [2.75, 3.05) is 7.05 Å². The van der Waals surface area contributed by atoms with Crippen molar-refractivity contribution in [2.45, 2.75) is 46.4 Å². The summed E-state index contributed by atoms with van der Waals surface area (Å²) in [6.45, 7) is 7.35. The van der Waals surface area contributed by atoms with Gasteiger partial charge in [0.1, 0.15) is 0 Å². The van der Waals surface area contributed by atoms with Crippen LogP contribution in [0.15, 0.2) is 5.28 Å². The number of nitrogens with zero attached hydrogens (tertiary/aromatic N) is 3. The second-order valence-electron chi connectivity index (χ2n) is 4.99. The van der Waals surface area contributed by atoms with Crippen molar-refractivity contribution < 1.29 is 29.2 Å². The molecular weight excluding hydrogens is 270 g/mol. The van der Waals surface area contributed by atoms with E-state index in [0.717, 1.165) is 5.01 Å². The molecule has 1 N–H and O–H groups in total. The largest absolute Gasteiger partial charge is 0.569 e. The van der Waals surface area contributed by atoms with E-state index in [1.807, 2.05) is 0 Å². The molecule has 9 heteroatoms. The predicted molar refractivity (Wildman–Crippen MR) is 67.0 cm³/mol. The van der Waals surface area contributed by atoms with E-state index in [9.17, 15) is 14.8 Å². The van der Waals surface area contributed by atoms with Crippen LogP contribution in [0.2, 0.25) is 0 Å². The third-order valence-corrected chi connectivity index (χ3v) is 2.61. The van der Waals surface area contributed by atoms with Crippen molar-refractivity contribution in [1.82, 2.24) is 5.01 Å². The monoisotopic (exact) mass is 291 g/mol. The predicted octanol–water partition coefficient (Wildman–Crippen LogP) is 1.14. The molecule has 20 heavy (non-hydrogen) atoms. The molecule has 9 nitrogen and oxygen atoms in total. The van der Waals surface area contributed by atoms with Crippen molar-refractivity contribution in [3.8, 4) is 0 Å². The SMILES string of the molecule is CC(O/N=[N+](\[O-])N(C)C(C)(C)C(=O)O)OC(=O)C(C)C. The minimum atomic E-state index is -1.47. The smallest absolute Gasteiger partial charge is 0.334 e. The summed E-state index contributed by atoms with van der Waals surface area (Å²) in [6, 6.07) is 0. The Balaban J connectivity index is 4.60. The maximum absolute atomic E-state index is 11.6. The van der Waals surface area contributed by atoms with E-state index in [0.29, 0.717) is 0 Å². The minimum absolute atomic E-state index is 0.0200. The summed E-state index contributed by atoms with van der Waals surface area (Å²) in [4.78, 5) is 26.9. The molecular formula is C11H21N3O6. The first-order valence-corrected chi connectivity index (χ1v) is 6.01. The third kappa shape index (κ3) is 4.90. The number of hydrogen-bond donors (Lipinski definition) is 1. The van der Waals surface area contributed by atoms with Crippen molar-refractivity contribution in [3.63, 3.8) is 0 Å². The standard InChI is InChI=1S/C11H21N3O6/c1-7(2)9(15)19-8(3)20-12-14(18)13(6)11(4,5)10(16)17/h7-8H,1-6H3,(H,16,17)/b14-12-. The van der Waals surface area contributed by atoms with E-state index < -0.39 is 23.8 Å². The van der Waals surface area contributed by atoms with Gasteiger partial charge in [-0.05, 0) is 13.8 Å². The Morgan fingerprint density at radius 2 is 1.85 bits per heavy atom. The highest BCUT2D eigenvalue weighted by Gasteiger charge is 2.38. The van der Waals surface area contributed by atoms with E-state index >= 15 is 0 Å². The lowest BCUT2D eigenvalue weighted by Crippen LogP contribution is -2.51. The molecule has 0 aliphatic carbocycles. The van der Waals surface area contributed by atoms with Crippen LogP contribution in [0.25, 0.3) is 0 Å². The lowest BCUT2D eigenvalue weighted by atomic mass is 10.1. The summed E-state index contributed by atoms with van der Waals surface area (Å²) < 4.78 is 4.82. The van der Waals surface area contributed by atoms with E-state index in [4.69, 9.17) is 9.84 Å². The van der Waals surface area contributed by atoms with Crippen LogP contribution in [0.3, 0.4) is 0 Å². The van der Waals surface area contributed by atoms with Crippen molar-refractivity contribution >= 4 is 11.9 Å². The summed E-state index contributed by atoms with van der Waals surface area (Å²) in [6.07, 6.45) is -1.05. The van der Waals surface area contributed by atoms with E-state index in [2.05, 4.69) is 10.1 Å². The molecule has 0 spiro atoms. The van der Waals surface area contributed by atoms with Crippen LogP contribution in [0, 0.1) is 11.1 Å². The summed E-state index contributed by atoms with van der Waals surface area (Å²) >= 11 is 0. The van der Waals surface area contributed by atoms with Gasteiger partial charge in [0.25, 0.3) is 6.29 Å². The number of carboxylic acid groups (broad SMARTS) is 1. The molecule has 1 unspecified atom stereocenters. The molecule has 0 heterocycles. The Hall–Kier alpha value is -2.06. The molecule has 0 fully saturated rings. The van der Waals surface area contributed by atoms with Crippen LogP contribution in [0.5, 0.6) is 0 Å². The Bertz CT molecular complexity index is 394. The quantitative estimate of drug-likeness (QED) is 0.246. The fourth-order valence-electron chi connectivity index (χ4n) is 0.835. The number of aliphatic carboxylic acids is 1. The molecule has 0 bridgehead atoms. The number of carboxylic acids is 1. The molecule has 0 aromatic heterocycles. The van der Waals surface area contributed by atoms with Gasteiger partial charge in [-0.3, -0.25) is 9.63 Å². The van der Waals surface area contributed by atoms with Crippen LogP contribution in [0.1, 0.15) is 34.6 Å². The molecule has 0 aromatic rings. The van der Waals surface area contributed by atoms with Crippen LogP contribution < -0.4 is 0 Å². The Morgan fingerprint density at radius 3 is 2.25 bits per heavy atom. The van der Waals surface area contributed by atoms with Crippen LogP contribution in [-0.4, -0.2) is 45.9 Å². The first-order chi connectivity index (χ1) is 9.00. The molecule has 0 aliphatic heterocycles. The zero-order valence-corrected chi connectivity index (χ0v) is 12.5. The highest BCUT2D eigenvalue weighted by molar-refractivity contribution is 5.77. The Labute approximate surface area is 117 Å². The lowest BCUT2D eigenvalue weighted by molar-refractivity contribution is -0.719. The van der Waals surface area contributed by atoms with Gasteiger partial charge >= 0.3 is 11.9 Å². The summed E-state index contributed by atoms with van der Waals surface area (Å²) in [5, 5.41) is 24.5. The van der Waals surface area contributed by atoms with Gasteiger partial charge in [0.2, 0.25) is 5.28 Å². The maximum atomic E-state index is 11.6. The highest BCUT2D eigenvalue weighted by Crippen LogP contribution is 2.13. The zero-order valence-electron chi connectivity index (χ0n) is 12.5. The van der Waals surface area contributed by atoms with Gasteiger partial charge in [-0.2, -0.15) is 0 Å². The fraction of sp³-hybridized carbons (Fsp3) is 0.818. The van der Waals surface area contributed by atoms with Crippen LogP contribution in [-0.2, 0) is 19.2 Å². The van der Waals surface area contributed by atoms with Gasteiger partial charge in [0.15, 0.2) is 5.54 Å². The molecule has 0 rings (SSSR count). The molecule has 1 atom stereocenters. The molecule has 0 aromatic carbocycles. The number of rotatable bonds is 7. The number of carbonyl (C=O) groups is 2. The van der Waals surface area contributed by atoms with Gasteiger partial charge in [-0.1, -0.05) is 13.8 Å². The van der Waals surface area contributed by atoms with Gasteiger partial charge in [0, 0.05) is 6.92 Å². The first-order valence-electron chi connectivity index (χ1n) is 6.01. The average Bonchev–Trinajstić information content (AvgIpc) is 2.34. The molecule has 0 aliphatic rings. The van der Waals surface area contributed by atoms with Crippen LogP contribution in [0.4, 0.5) is 0 Å². The number of likely N-dealkylation sites (N-methyl/N-ethyl adjacent to an activating group) is 1. The van der Waals surface area contributed by atoms with E-state index in [1.54, 1.807) is 13.8 Å². The second kappa shape index (κ2) is 6.92. The van der Waals surface area contributed by atoms with Crippen molar-refractivity contribution in [1.29, 1.82) is 0 Å². The van der Waals surface area contributed by atoms with Gasteiger partial charge in [0.05, 0.1) is 17.9 Å². The van der Waals surface area contributed by atoms with Crippen molar-refractivity contribution in [3.05, 3.63) is 5.21 Å². The molecule has 0 radical (unpaired) electrons. The zero-order chi connectivity index (χ0) is 16.1. The van der Waals surface area contributed by atoms with Gasteiger partial charge in [-0.15, -0.1) is 5.01 Å². The number of carbonyl (C=O) groups excluding carboxylic acids is 1. The Kier molecular flexibility index (Phi) is 6.21. The maximum Gasteiger partial charge on any atom is 0.334 e. The van der Waals surface area contributed by atoms with E-state index in [-0.39, 0.29) is 10.9 Å². The van der Waals surface area contributed by atoms with Gasteiger partial charge in [-0.25, -0.2) is 4.79 Å². The topological polar surface area (TPSA) is 114 Å². The fourth-order valence-corrected chi connectivity index (χ4v) is 0.835. The number of hydrazine groups is 1. The normalized spacial score (nSPS) is 13.8. The number of hydrogen-bond acceptors (Lipinski definition) is 6. The van der Waals surface area contributed by atoms with Gasteiger partial charge < -0.3 is 15.1 Å². The summed E-state index contributed by atoms with van der Waals surface area (Å²) in [5.74, 6) is -2.03. The molecule has 0 saturated carbocycles. The average molecular weight is 291 g/mol. The molecule has 116 valence electrons. The number of esters is 1. The van der Waals surface area contributed by atoms with Crippen molar-refractivity contribution in [2.24, 2.45) is 11.2 Å². The summed E-state index contributed by atoms with van der Waals surface area (Å²) in [5.41, 5.74) is -1.47. The lowest BCUT2D eigenvalue weighted by Gasteiger charge is -2.26. The summed E-state index contributed by atoms with van der Waals surface area (Å²) in [7, 11) is 1.25. The Morgan fingerprint density at radius 1 is 1.35 bits per heavy atom. The first kappa shape index (κ1) is 17.9. The second-order valence-corrected chi connectivity index (χ2v) is 4.99.